The van der Waals surface area contributed by atoms with E-state index in [-0.39, 0.29) is 0 Å². The lowest BCUT2D eigenvalue weighted by Gasteiger charge is -2.01. The molecule has 4 nitrogen and oxygen atoms in total. The van der Waals surface area contributed by atoms with Gasteiger partial charge in [-0.3, -0.25) is 0 Å². The maximum atomic E-state index is 5.88. The summed E-state index contributed by atoms with van der Waals surface area (Å²) in [6.45, 7) is 0. The number of rotatable bonds is 1. The number of aromatic nitrogens is 4. The van der Waals surface area contributed by atoms with Crippen LogP contribution in [0.25, 0.3) is 16.9 Å². The van der Waals surface area contributed by atoms with Crippen LogP contribution in [0.5, 0.6) is 0 Å². The van der Waals surface area contributed by atoms with Gasteiger partial charge in [0.25, 0.3) is 0 Å². The molecular weight excluding hydrogens is 320 g/mol. The first-order valence-corrected chi connectivity index (χ1v) is 7.62. The maximum Gasteiger partial charge on any atom is 0.154 e. The second-order valence-electron chi connectivity index (χ2n) is 5.04. The van der Waals surface area contributed by atoms with E-state index < -0.39 is 0 Å². The minimum absolute atomic E-state index is 0.418. The molecule has 1 aromatic carbocycles. The molecule has 0 aliphatic rings. The van der Waals surface area contributed by atoms with E-state index in [9.17, 15) is 0 Å². The molecule has 0 fully saturated rings. The normalized spacial score (nSPS) is 10.4. The molecule has 0 N–H and O–H groups in total. The number of pyridine rings is 1. The number of fused-ring (bicyclic) bond motifs is 1. The summed E-state index contributed by atoms with van der Waals surface area (Å²) in [4.78, 5) is 8.28. The minimum atomic E-state index is 0.418. The molecule has 0 saturated heterocycles. The van der Waals surface area contributed by atoms with E-state index in [4.69, 9.17) is 11.6 Å². The molecule has 113 valence electrons. The van der Waals surface area contributed by atoms with Crippen molar-refractivity contribution in [3.8, 4) is 23.1 Å². The van der Waals surface area contributed by atoms with Gasteiger partial charge in [-0.1, -0.05) is 41.8 Å². The first kappa shape index (κ1) is 14.4. The highest BCUT2D eigenvalue weighted by Gasteiger charge is 2.05. The SMILES string of the molecule is Clc1cc(C#Cc2cnc3ccc(-c4cc[c]cc4)nn23)ccn1. The highest BCUT2D eigenvalue weighted by atomic mass is 35.5. The van der Waals surface area contributed by atoms with E-state index >= 15 is 0 Å². The lowest BCUT2D eigenvalue weighted by molar-refractivity contribution is 0.930. The number of hydrogen-bond acceptors (Lipinski definition) is 3. The molecule has 0 bridgehead atoms. The first-order valence-electron chi connectivity index (χ1n) is 7.24. The minimum Gasteiger partial charge on any atom is -0.244 e. The van der Waals surface area contributed by atoms with Crippen molar-refractivity contribution in [3.05, 3.63) is 83.4 Å². The number of imidazole rings is 1. The van der Waals surface area contributed by atoms with Crippen LogP contribution in [0.1, 0.15) is 11.3 Å². The Morgan fingerprint density at radius 1 is 1.00 bits per heavy atom. The molecule has 4 aromatic rings. The van der Waals surface area contributed by atoms with Crippen LogP contribution in [0, 0.1) is 17.9 Å². The summed E-state index contributed by atoms with van der Waals surface area (Å²) in [6.07, 6.45) is 3.34. The first-order chi connectivity index (χ1) is 11.8. The van der Waals surface area contributed by atoms with Crippen LogP contribution in [0.3, 0.4) is 0 Å². The van der Waals surface area contributed by atoms with Gasteiger partial charge in [0.1, 0.15) is 10.8 Å². The largest absolute Gasteiger partial charge is 0.244 e. The summed E-state index contributed by atoms with van der Waals surface area (Å²) in [5, 5.41) is 5.05. The van der Waals surface area contributed by atoms with Crippen molar-refractivity contribution in [3.63, 3.8) is 0 Å². The van der Waals surface area contributed by atoms with Crippen molar-refractivity contribution in [1.82, 2.24) is 19.6 Å². The zero-order valence-corrected chi connectivity index (χ0v) is 13.2. The molecule has 3 heterocycles. The van der Waals surface area contributed by atoms with Crippen molar-refractivity contribution in [1.29, 1.82) is 0 Å². The van der Waals surface area contributed by atoms with Gasteiger partial charge in [-0.05, 0) is 36.3 Å². The number of nitrogens with zero attached hydrogens (tertiary/aromatic N) is 4. The van der Waals surface area contributed by atoms with Gasteiger partial charge in [0, 0.05) is 17.3 Å². The van der Waals surface area contributed by atoms with Gasteiger partial charge in [0.05, 0.1) is 11.9 Å². The van der Waals surface area contributed by atoms with Crippen molar-refractivity contribution < 1.29 is 0 Å². The Morgan fingerprint density at radius 3 is 2.71 bits per heavy atom. The molecule has 0 aliphatic carbocycles. The average molecular weight is 330 g/mol. The van der Waals surface area contributed by atoms with Crippen LogP contribution < -0.4 is 0 Å². The van der Waals surface area contributed by atoms with Gasteiger partial charge < -0.3 is 0 Å². The quantitative estimate of drug-likeness (QED) is 0.395. The molecule has 0 aliphatic heterocycles. The Bertz CT molecular complexity index is 1070. The Labute approximate surface area is 143 Å². The summed E-state index contributed by atoms with van der Waals surface area (Å²) >= 11 is 5.88. The van der Waals surface area contributed by atoms with Gasteiger partial charge in [-0.2, -0.15) is 5.10 Å². The molecule has 0 atom stereocenters. The summed E-state index contributed by atoms with van der Waals surface area (Å²) in [5.74, 6) is 6.14. The van der Waals surface area contributed by atoms with E-state index in [1.165, 1.54) is 0 Å². The third-order valence-electron chi connectivity index (χ3n) is 3.44. The van der Waals surface area contributed by atoms with Gasteiger partial charge in [-0.25, -0.2) is 14.5 Å². The van der Waals surface area contributed by atoms with Crippen molar-refractivity contribution in [2.45, 2.75) is 0 Å². The summed E-state index contributed by atoms with van der Waals surface area (Å²) < 4.78 is 1.74. The predicted molar refractivity (Wildman–Crippen MR) is 92.5 cm³/mol. The van der Waals surface area contributed by atoms with E-state index in [1.807, 2.05) is 36.4 Å². The van der Waals surface area contributed by atoms with Crippen molar-refractivity contribution >= 4 is 17.2 Å². The third-order valence-corrected chi connectivity index (χ3v) is 3.64. The summed E-state index contributed by atoms with van der Waals surface area (Å²) in [6, 6.07) is 18.1. The fourth-order valence-corrected chi connectivity index (χ4v) is 2.46. The second-order valence-corrected chi connectivity index (χ2v) is 5.43. The maximum absolute atomic E-state index is 5.88. The van der Waals surface area contributed by atoms with Crippen LogP contribution in [0.4, 0.5) is 0 Å². The van der Waals surface area contributed by atoms with E-state index in [0.717, 1.165) is 22.5 Å². The zero-order valence-electron chi connectivity index (χ0n) is 12.4. The molecule has 0 saturated carbocycles. The fraction of sp³-hybridized carbons (Fsp3) is 0. The Hall–Kier alpha value is -3.16. The lowest BCUT2D eigenvalue weighted by Crippen LogP contribution is -1.96. The Kier molecular flexibility index (Phi) is 3.70. The molecule has 5 heteroatoms. The van der Waals surface area contributed by atoms with Crippen molar-refractivity contribution in [2.24, 2.45) is 0 Å². The number of halogens is 1. The monoisotopic (exact) mass is 329 g/mol. The molecule has 24 heavy (non-hydrogen) atoms. The Morgan fingerprint density at radius 2 is 1.88 bits per heavy atom. The van der Waals surface area contributed by atoms with Gasteiger partial charge >= 0.3 is 0 Å². The topological polar surface area (TPSA) is 43.1 Å². The third kappa shape index (κ3) is 2.85. The zero-order chi connectivity index (χ0) is 16.4. The van der Waals surface area contributed by atoms with Gasteiger partial charge in [0.2, 0.25) is 0 Å². The lowest BCUT2D eigenvalue weighted by atomic mass is 10.1. The molecule has 0 unspecified atom stereocenters. The second kappa shape index (κ2) is 6.15. The number of hydrogen-bond donors (Lipinski definition) is 0. The van der Waals surface area contributed by atoms with Crippen LogP contribution in [0.2, 0.25) is 5.15 Å². The molecular formula is C19H10ClN4. The van der Waals surface area contributed by atoms with Crippen LogP contribution in [0.15, 0.2) is 60.9 Å². The predicted octanol–water partition coefficient (Wildman–Crippen LogP) is 3.64. The van der Waals surface area contributed by atoms with E-state index in [0.29, 0.717) is 10.8 Å². The molecule has 0 spiro atoms. The molecule has 3 aromatic heterocycles. The van der Waals surface area contributed by atoms with Crippen LogP contribution in [-0.2, 0) is 0 Å². The average Bonchev–Trinajstić information content (AvgIpc) is 3.03. The summed E-state index contributed by atoms with van der Waals surface area (Å²) in [5.41, 5.74) is 4.12. The van der Waals surface area contributed by atoms with Gasteiger partial charge in [-0.15, -0.1) is 0 Å². The highest BCUT2D eigenvalue weighted by molar-refractivity contribution is 6.29. The Balaban J connectivity index is 1.77. The molecule has 4 rings (SSSR count). The van der Waals surface area contributed by atoms with Crippen molar-refractivity contribution in [2.75, 3.05) is 0 Å². The number of benzene rings is 1. The standard InChI is InChI=1S/C19H10ClN4/c20-18-12-14(10-11-21-18)6-7-16-13-22-19-9-8-17(23-24(16)19)15-4-2-1-3-5-15/h2-5,8-13H. The molecule has 0 amide bonds. The van der Waals surface area contributed by atoms with Crippen LogP contribution in [-0.4, -0.2) is 19.6 Å². The smallest absolute Gasteiger partial charge is 0.154 e. The van der Waals surface area contributed by atoms with E-state index in [2.05, 4.69) is 33.0 Å². The summed E-state index contributed by atoms with van der Waals surface area (Å²) in [7, 11) is 0. The fourth-order valence-electron chi connectivity index (χ4n) is 2.29. The van der Waals surface area contributed by atoms with Crippen LogP contribution >= 0.6 is 11.6 Å². The highest BCUT2D eigenvalue weighted by Crippen LogP contribution is 2.17. The molecule has 1 radical (unpaired) electrons. The van der Waals surface area contributed by atoms with Gasteiger partial charge in [0.15, 0.2) is 5.65 Å². The van der Waals surface area contributed by atoms with E-state index in [1.54, 1.807) is 29.0 Å².